The van der Waals surface area contributed by atoms with Gasteiger partial charge in [-0.2, -0.15) is 0 Å². The van der Waals surface area contributed by atoms with Gasteiger partial charge in [0.2, 0.25) is 0 Å². The van der Waals surface area contributed by atoms with Gasteiger partial charge >= 0.3 is 0 Å². The van der Waals surface area contributed by atoms with Crippen LogP contribution in [0, 0.1) is 6.92 Å². The molecule has 1 amide bonds. The van der Waals surface area contributed by atoms with Crippen LogP contribution in [-0.4, -0.2) is 5.91 Å². The zero-order valence-corrected chi connectivity index (χ0v) is 12.0. The minimum absolute atomic E-state index is 0.140. The molecule has 0 saturated carbocycles. The highest BCUT2D eigenvalue weighted by atomic mass is 79.9. The van der Waals surface area contributed by atoms with Crippen molar-refractivity contribution < 1.29 is 4.79 Å². The number of carbonyl (C=O) groups excluding carboxylic acids is 1. The lowest BCUT2D eigenvalue weighted by Gasteiger charge is -2.09. The number of amides is 1. The number of carbonyl (C=O) groups is 1. The van der Waals surface area contributed by atoms with Crippen LogP contribution >= 0.6 is 15.9 Å². The van der Waals surface area contributed by atoms with Gasteiger partial charge in [0, 0.05) is 21.4 Å². The molecule has 2 aromatic carbocycles. The fourth-order valence-electron chi connectivity index (χ4n) is 1.77. The Morgan fingerprint density at radius 1 is 1.16 bits per heavy atom. The largest absolute Gasteiger partial charge is 0.324 e. The van der Waals surface area contributed by atoms with Crippen molar-refractivity contribution >= 4 is 33.2 Å². The van der Waals surface area contributed by atoms with E-state index in [1.165, 1.54) is 0 Å². The van der Waals surface area contributed by atoms with Crippen LogP contribution in [0.15, 0.2) is 46.9 Å². The van der Waals surface area contributed by atoms with E-state index in [-0.39, 0.29) is 5.91 Å². The van der Waals surface area contributed by atoms with E-state index in [0.717, 1.165) is 21.4 Å². The second-order valence-electron chi connectivity index (χ2n) is 4.14. The molecule has 2 rings (SSSR count). The van der Waals surface area contributed by atoms with E-state index in [4.69, 9.17) is 5.84 Å². The van der Waals surface area contributed by atoms with Gasteiger partial charge in [0.1, 0.15) is 0 Å². The molecule has 4 N–H and O–H groups in total. The molecule has 0 aromatic heterocycles. The molecule has 0 fully saturated rings. The van der Waals surface area contributed by atoms with Crippen molar-refractivity contribution in [2.45, 2.75) is 6.92 Å². The van der Waals surface area contributed by atoms with Crippen LogP contribution in [-0.2, 0) is 0 Å². The molecular formula is C14H14BrN3O. The van der Waals surface area contributed by atoms with E-state index >= 15 is 0 Å². The Bertz CT molecular complexity index is 613. The average molecular weight is 320 g/mol. The first kappa shape index (κ1) is 13.6. The van der Waals surface area contributed by atoms with E-state index in [0.29, 0.717) is 5.56 Å². The van der Waals surface area contributed by atoms with Crippen LogP contribution in [0.1, 0.15) is 15.9 Å². The first-order chi connectivity index (χ1) is 9.10. The summed E-state index contributed by atoms with van der Waals surface area (Å²) in [6.45, 7) is 1.87. The van der Waals surface area contributed by atoms with Crippen LogP contribution in [0.4, 0.5) is 11.4 Å². The number of aryl methyl sites for hydroxylation is 1. The van der Waals surface area contributed by atoms with Crippen LogP contribution in [0.3, 0.4) is 0 Å². The van der Waals surface area contributed by atoms with Gasteiger partial charge in [0.15, 0.2) is 0 Å². The van der Waals surface area contributed by atoms with E-state index in [1.54, 1.807) is 12.1 Å². The van der Waals surface area contributed by atoms with Gasteiger partial charge in [0.05, 0.1) is 0 Å². The molecule has 0 radical (unpaired) electrons. The average Bonchev–Trinajstić information content (AvgIpc) is 2.38. The number of nitrogen functional groups attached to an aromatic ring is 1. The molecule has 0 unspecified atom stereocenters. The molecule has 0 heterocycles. The Labute approximate surface area is 120 Å². The summed E-state index contributed by atoms with van der Waals surface area (Å²) < 4.78 is 0.921. The molecule has 0 aliphatic carbocycles. The predicted octanol–water partition coefficient (Wildman–Crippen LogP) is 3.30. The molecule has 0 bridgehead atoms. The predicted molar refractivity (Wildman–Crippen MR) is 81.1 cm³/mol. The minimum atomic E-state index is -0.140. The minimum Gasteiger partial charge on any atom is -0.324 e. The molecule has 0 saturated heterocycles. The lowest BCUT2D eigenvalue weighted by atomic mass is 10.1. The second kappa shape index (κ2) is 5.86. The summed E-state index contributed by atoms with van der Waals surface area (Å²) in [6.07, 6.45) is 0. The first-order valence-electron chi connectivity index (χ1n) is 5.74. The molecule has 2 aromatic rings. The summed E-state index contributed by atoms with van der Waals surface area (Å²) in [5.74, 6) is 5.19. The highest BCUT2D eigenvalue weighted by Gasteiger charge is 2.09. The molecule has 0 aliphatic rings. The molecule has 0 atom stereocenters. The summed E-state index contributed by atoms with van der Waals surface area (Å²) in [4.78, 5) is 12.2. The van der Waals surface area contributed by atoms with Gasteiger partial charge in [-0.3, -0.25) is 10.6 Å². The third kappa shape index (κ3) is 3.33. The van der Waals surface area contributed by atoms with E-state index in [1.807, 2.05) is 37.3 Å². The van der Waals surface area contributed by atoms with Crippen molar-refractivity contribution in [2.75, 3.05) is 10.7 Å². The summed E-state index contributed by atoms with van der Waals surface area (Å²) in [5.41, 5.74) is 5.57. The fraction of sp³-hybridized carbons (Fsp3) is 0.0714. The number of nitrogens with two attached hydrogens (primary N) is 1. The second-order valence-corrected chi connectivity index (χ2v) is 5.05. The van der Waals surface area contributed by atoms with Gasteiger partial charge in [-0.15, -0.1) is 0 Å². The summed E-state index contributed by atoms with van der Waals surface area (Å²) in [7, 11) is 0. The molecule has 98 valence electrons. The van der Waals surface area contributed by atoms with Crippen molar-refractivity contribution in [3.63, 3.8) is 0 Å². The van der Waals surface area contributed by atoms with E-state index < -0.39 is 0 Å². The lowest BCUT2D eigenvalue weighted by molar-refractivity contribution is 0.102. The number of hydrogen-bond acceptors (Lipinski definition) is 3. The van der Waals surface area contributed by atoms with E-state index in [9.17, 15) is 4.79 Å². The van der Waals surface area contributed by atoms with Crippen LogP contribution < -0.4 is 16.6 Å². The highest BCUT2D eigenvalue weighted by molar-refractivity contribution is 9.10. The number of hydrogen-bond donors (Lipinski definition) is 3. The van der Waals surface area contributed by atoms with Gasteiger partial charge in [0.25, 0.3) is 5.91 Å². The third-order valence-electron chi connectivity index (χ3n) is 2.72. The number of halogens is 1. The highest BCUT2D eigenvalue weighted by Crippen LogP contribution is 2.19. The normalized spacial score (nSPS) is 10.1. The molecule has 19 heavy (non-hydrogen) atoms. The zero-order valence-electron chi connectivity index (χ0n) is 10.4. The topological polar surface area (TPSA) is 67.1 Å². The smallest absolute Gasteiger partial charge is 0.255 e. The molecule has 0 spiro atoms. The van der Waals surface area contributed by atoms with E-state index in [2.05, 4.69) is 26.7 Å². The summed E-state index contributed by atoms with van der Waals surface area (Å²) >= 11 is 3.37. The van der Waals surface area contributed by atoms with Gasteiger partial charge in [-0.1, -0.05) is 22.0 Å². The van der Waals surface area contributed by atoms with Crippen LogP contribution in [0.5, 0.6) is 0 Å². The van der Waals surface area contributed by atoms with Crippen molar-refractivity contribution in [3.8, 4) is 0 Å². The van der Waals surface area contributed by atoms with Crippen molar-refractivity contribution in [1.82, 2.24) is 0 Å². The molecule has 5 heteroatoms. The lowest BCUT2D eigenvalue weighted by Crippen LogP contribution is -2.14. The molecule has 0 aliphatic heterocycles. The standard InChI is InChI=1S/C14H14BrN3O/c1-9-7-12(18-16)5-6-13(9)14(19)17-11-4-2-3-10(15)8-11/h2-8,18H,16H2,1H3,(H,17,19). The Hall–Kier alpha value is -1.85. The van der Waals surface area contributed by atoms with Gasteiger partial charge in [-0.25, -0.2) is 0 Å². The maximum atomic E-state index is 12.2. The Kier molecular flexibility index (Phi) is 4.19. The van der Waals surface area contributed by atoms with Crippen molar-refractivity contribution in [1.29, 1.82) is 0 Å². The molecular weight excluding hydrogens is 306 g/mol. The summed E-state index contributed by atoms with van der Waals surface area (Å²) in [6, 6.07) is 12.8. The Morgan fingerprint density at radius 2 is 1.95 bits per heavy atom. The van der Waals surface area contributed by atoms with Crippen LogP contribution in [0.2, 0.25) is 0 Å². The number of rotatable bonds is 3. The third-order valence-corrected chi connectivity index (χ3v) is 3.21. The summed E-state index contributed by atoms with van der Waals surface area (Å²) in [5, 5.41) is 2.86. The zero-order chi connectivity index (χ0) is 13.8. The first-order valence-corrected chi connectivity index (χ1v) is 6.53. The molecule has 4 nitrogen and oxygen atoms in total. The fourth-order valence-corrected chi connectivity index (χ4v) is 2.17. The Balaban J connectivity index is 2.20. The van der Waals surface area contributed by atoms with Gasteiger partial charge in [-0.05, 0) is 48.9 Å². The Morgan fingerprint density at radius 3 is 2.58 bits per heavy atom. The number of hydrazine groups is 1. The maximum absolute atomic E-state index is 12.2. The van der Waals surface area contributed by atoms with Gasteiger partial charge < -0.3 is 10.7 Å². The SMILES string of the molecule is Cc1cc(NN)ccc1C(=O)Nc1cccc(Br)c1. The quantitative estimate of drug-likeness (QED) is 0.600. The monoisotopic (exact) mass is 319 g/mol. The number of nitrogens with one attached hydrogen (secondary N) is 2. The number of benzene rings is 2. The van der Waals surface area contributed by atoms with Crippen LogP contribution in [0.25, 0.3) is 0 Å². The van der Waals surface area contributed by atoms with Crippen molar-refractivity contribution in [2.24, 2.45) is 5.84 Å². The maximum Gasteiger partial charge on any atom is 0.255 e. The van der Waals surface area contributed by atoms with Crippen molar-refractivity contribution in [3.05, 3.63) is 58.1 Å². The number of anilines is 2.